The average molecular weight is 180 g/mol. The van der Waals surface area contributed by atoms with E-state index in [2.05, 4.69) is 0 Å². The van der Waals surface area contributed by atoms with Crippen molar-refractivity contribution < 1.29 is 25.5 Å². The molecule has 0 aromatic carbocycles. The van der Waals surface area contributed by atoms with Crippen LogP contribution in [0.4, 0.5) is 0 Å². The quantitative estimate of drug-likeness (QED) is 0.331. The van der Waals surface area contributed by atoms with Crippen molar-refractivity contribution in [3.05, 3.63) is 0 Å². The lowest BCUT2D eigenvalue weighted by atomic mass is 10.0. The van der Waals surface area contributed by atoms with E-state index in [0.717, 1.165) is 0 Å². The van der Waals surface area contributed by atoms with E-state index >= 15 is 0 Å². The summed E-state index contributed by atoms with van der Waals surface area (Å²) in [7, 11) is 0. The first-order valence-electron chi connectivity index (χ1n) is 3.82. The molecule has 4 unspecified atom stereocenters. The smallest absolute Gasteiger partial charge is 0.108 e. The summed E-state index contributed by atoms with van der Waals surface area (Å²) in [6, 6.07) is 0. The molecule has 0 radical (unpaired) electrons. The molecule has 0 aromatic rings. The lowest BCUT2D eigenvalue weighted by Crippen LogP contribution is -2.40. The summed E-state index contributed by atoms with van der Waals surface area (Å²) in [5, 5.41) is 44.3. The average Bonchev–Trinajstić information content (AvgIpc) is 2.00. The fourth-order valence-corrected chi connectivity index (χ4v) is 0.853. The van der Waals surface area contributed by atoms with Crippen molar-refractivity contribution in [3.8, 4) is 0 Å². The number of aliphatic hydroxyl groups excluding tert-OH is 5. The van der Waals surface area contributed by atoms with Crippen LogP contribution in [0.3, 0.4) is 0 Å². The minimum absolute atomic E-state index is 0.0295. The van der Waals surface area contributed by atoms with Gasteiger partial charge in [0.15, 0.2) is 0 Å². The second-order valence-corrected chi connectivity index (χ2v) is 2.89. The molecule has 5 heteroatoms. The summed E-state index contributed by atoms with van der Waals surface area (Å²) in [6.45, 7) is 0.847. The van der Waals surface area contributed by atoms with Gasteiger partial charge in [0.25, 0.3) is 0 Å². The van der Waals surface area contributed by atoms with E-state index in [1.807, 2.05) is 0 Å². The van der Waals surface area contributed by atoms with E-state index in [1.54, 1.807) is 0 Å². The molecule has 5 N–H and O–H groups in total. The third-order valence-electron chi connectivity index (χ3n) is 1.56. The van der Waals surface area contributed by atoms with E-state index in [0.29, 0.717) is 0 Å². The van der Waals surface area contributed by atoms with Gasteiger partial charge in [-0.15, -0.1) is 0 Å². The van der Waals surface area contributed by atoms with Crippen molar-refractivity contribution in [2.24, 2.45) is 0 Å². The maximum Gasteiger partial charge on any atom is 0.108 e. The number of aliphatic hydroxyl groups is 5. The molecule has 0 saturated heterocycles. The van der Waals surface area contributed by atoms with Crippen molar-refractivity contribution in [1.82, 2.24) is 0 Å². The van der Waals surface area contributed by atoms with Crippen LogP contribution in [-0.2, 0) is 0 Å². The molecular formula is C7H16O5. The summed E-state index contributed by atoms with van der Waals surface area (Å²) in [6.07, 6.45) is -4.77. The van der Waals surface area contributed by atoms with Crippen molar-refractivity contribution in [2.45, 2.75) is 37.8 Å². The Bertz CT molecular complexity index is 116. The monoisotopic (exact) mass is 180 g/mol. The van der Waals surface area contributed by atoms with Crippen molar-refractivity contribution in [3.63, 3.8) is 0 Å². The Morgan fingerprint density at radius 1 is 1.00 bits per heavy atom. The molecule has 0 saturated carbocycles. The second kappa shape index (κ2) is 5.45. The third-order valence-corrected chi connectivity index (χ3v) is 1.56. The van der Waals surface area contributed by atoms with Crippen LogP contribution in [0.2, 0.25) is 0 Å². The highest BCUT2D eigenvalue weighted by atomic mass is 16.4. The van der Waals surface area contributed by atoms with Crippen LogP contribution >= 0.6 is 0 Å². The molecule has 0 heterocycles. The molecule has 74 valence electrons. The zero-order valence-electron chi connectivity index (χ0n) is 6.96. The molecule has 0 aliphatic rings. The van der Waals surface area contributed by atoms with E-state index < -0.39 is 31.0 Å². The summed E-state index contributed by atoms with van der Waals surface area (Å²) in [4.78, 5) is 0. The van der Waals surface area contributed by atoms with Crippen LogP contribution in [0.25, 0.3) is 0 Å². The first-order chi connectivity index (χ1) is 5.49. The van der Waals surface area contributed by atoms with Gasteiger partial charge in [-0.25, -0.2) is 0 Å². The van der Waals surface area contributed by atoms with Gasteiger partial charge in [0.05, 0.1) is 18.8 Å². The Morgan fingerprint density at radius 3 is 1.83 bits per heavy atom. The largest absolute Gasteiger partial charge is 0.394 e. The SMILES string of the molecule is CC(O)CC(O)C(O)C(O)CO. The molecule has 0 bridgehead atoms. The fraction of sp³-hybridized carbons (Fsp3) is 1.00. The molecule has 0 rings (SSSR count). The molecule has 0 aliphatic carbocycles. The summed E-state index contributed by atoms with van der Waals surface area (Å²) in [5.41, 5.74) is 0. The zero-order valence-corrected chi connectivity index (χ0v) is 6.96. The number of rotatable bonds is 5. The predicted molar refractivity (Wildman–Crippen MR) is 41.4 cm³/mol. The van der Waals surface area contributed by atoms with E-state index in [1.165, 1.54) is 6.92 Å². The van der Waals surface area contributed by atoms with Crippen LogP contribution in [0.5, 0.6) is 0 Å². The van der Waals surface area contributed by atoms with Crippen molar-refractivity contribution in [1.29, 1.82) is 0 Å². The minimum Gasteiger partial charge on any atom is -0.394 e. The van der Waals surface area contributed by atoms with Gasteiger partial charge in [-0.2, -0.15) is 0 Å². The highest BCUT2D eigenvalue weighted by Gasteiger charge is 2.24. The van der Waals surface area contributed by atoms with Gasteiger partial charge < -0.3 is 25.5 Å². The van der Waals surface area contributed by atoms with Crippen molar-refractivity contribution >= 4 is 0 Å². The topological polar surface area (TPSA) is 101 Å². The lowest BCUT2D eigenvalue weighted by Gasteiger charge is -2.22. The van der Waals surface area contributed by atoms with E-state index in [9.17, 15) is 0 Å². The summed E-state index contributed by atoms with van der Waals surface area (Å²) < 4.78 is 0. The van der Waals surface area contributed by atoms with Crippen LogP contribution in [0.15, 0.2) is 0 Å². The molecule has 0 aromatic heterocycles. The maximum absolute atomic E-state index is 9.11. The molecule has 12 heavy (non-hydrogen) atoms. The Kier molecular flexibility index (Phi) is 5.36. The Balaban J connectivity index is 3.83. The Morgan fingerprint density at radius 2 is 1.50 bits per heavy atom. The van der Waals surface area contributed by atoms with Crippen LogP contribution in [0.1, 0.15) is 13.3 Å². The van der Waals surface area contributed by atoms with Gasteiger partial charge in [0, 0.05) is 6.42 Å². The van der Waals surface area contributed by atoms with Gasteiger partial charge >= 0.3 is 0 Å². The van der Waals surface area contributed by atoms with Crippen molar-refractivity contribution in [2.75, 3.05) is 6.61 Å². The van der Waals surface area contributed by atoms with Crippen LogP contribution in [-0.4, -0.2) is 56.6 Å². The highest BCUT2D eigenvalue weighted by molar-refractivity contribution is 4.75. The predicted octanol–water partition coefficient (Wildman–Crippen LogP) is -2.17. The lowest BCUT2D eigenvalue weighted by molar-refractivity contribution is -0.0865. The standard InChI is InChI=1S/C7H16O5/c1-4(9)2-5(10)7(12)6(11)3-8/h4-12H,2-3H2,1H3. The van der Waals surface area contributed by atoms with Gasteiger partial charge in [0.1, 0.15) is 12.2 Å². The van der Waals surface area contributed by atoms with Crippen LogP contribution in [0, 0.1) is 0 Å². The van der Waals surface area contributed by atoms with E-state index in [-0.39, 0.29) is 6.42 Å². The van der Waals surface area contributed by atoms with Gasteiger partial charge in [0.2, 0.25) is 0 Å². The molecule has 4 atom stereocenters. The first kappa shape index (κ1) is 11.8. The zero-order chi connectivity index (χ0) is 9.72. The molecule has 0 fully saturated rings. The molecule has 0 aliphatic heterocycles. The summed E-state index contributed by atoms with van der Waals surface area (Å²) >= 11 is 0. The van der Waals surface area contributed by atoms with E-state index in [4.69, 9.17) is 25.5 Å². The van der Waals surface area contributed by atoms with Gasteiger partial charge in [-0.3, -0.25) is 0 Å². The number of hydrogen-bond donors (Lipinski definition) is 5. The Labute approximate surface area is 70.9 Å². The fourth-order valence-electron chi connectivity index (χ4n) is 0.853. The minimum atomic E-state index is -1.41. The second-order valence-electron chi connectivity index (χ2n) is 2.89. The van der Waals surface area contributed by atoms with Crippen LogP contribution < -0.4 is 0 Å². The first-order valence-corrected chi connectivity index (χ1v) is 3.82. The third kappa shape index (κ3) is 3.99. The molecular weight excluding hydrogens is 164 g/mol. The Hall–Kier alpha value is -0.200. The maximum atomic E-state index is 9.11. The molecule has 5 nitrogen and oxygen atoms in total. The number of hydrogen-bond acceptors (Lipinski definition) is 5. The molecule has 0 spiro atoms. The van der Waals surface area contributed by atoms with Gasteiger partial charge in [-0.1, -0.05) is 0 Å². The summed E-state index contributed by atoms with van der Waals surface area (Å²) in [5.74, 6) is 0. The molecule has 0 amide bonds. The highest BCUT2D eigenvalue weighted by Crippen LogP contribution is 2.06. The van der Waals surface area contributed by atoms with Gasteiger partial charge in [-0.05, 0) is 6.92 Å². The normalized spacial score (nSPS) is 21.5.